The van der Waals surface area contributed by atoms with Gasteiger partial charge >= 0.3 is 0 Å². The highest BCUT2D eigenvalue weighted by Crippen LogP contribution is 2.22. The van der Waals surface area contributed by atoms with Crippen LogP contribution in [0.15, 0.2) is 41.8 Å². The number of amides is 1. The Hall–Kier alpha value is -0.880. The highest BCUT2D eigenvalue weighted by molar-refractivity contribution is 14.1. The summed E-state index contributed by atoms with van der Waals surface area (Å²) in [5, 5.41) is 5.11. The van der Waals surface area contributed by atoms with E-state index in [0.717, 1.165) is 9.99 Å². The van der Waals surface area contributed by atoms with E-state index in [-0.39, 0.29) is 11.9 Å². The molecule has 0 aliphatic rings. The molecule has 0 saturated heterocycles. The van der Waals surface area contributed by atoms with Crippen LogP contribution in [0, 0.1) is 3.57 Å². The summed E-state index contributed by atoms with van der Waals surface area (Å²) in [5.41, 5.74) is 0.713. The topological polar surface area (TPSA) is 29.1 Å². The van der Waals surface area contributed by atoms with Crippen LogP contribution in [0.1, 0.15) is 34.6 Å². The average molecular weight is 371 g/mol. The standard InChI is InChI=1S/C14H14INOS/c1-2-12(13-4-3-9-18-13)16-14(17)10-5-7-11(15)8-6-10/h3-9,12H,2H2,1H3,(H,16,17). The molecule has 0 fully saturated rings. The molecule has 94 valence electrons. The Labute approximate surface area is 125 Å². The fourth-order valence-electron chi connectivity index (χ4n) is 1.71. The van der Waals surface area contributed by atoms with Gasteiger partial charge in [-0.05, 0) is 64.7 Å². The molecule has 0 bridgehead atoms. The molecule has 2 aromatic rings. The number of halogens is 1. The summed E-state index contributed by atoms with van der Waals surface area (Å²) in [6.45, 7) is 2.08. The summed E-state index contributed by atoms with van der Waals surface area (Å²) in [6, 6.07) is 11.8. The molecule has 1 N–H and O–H groups in total. The zero-order chi connectivity index (χ0) is 13.0. The Bertz CT molecular complexity index is 507. The van der Waals surface area contributed by atoms with Crippen molar-refractivity contribution in [2.24, 2.45) is 0 Å². The molecule has 0 radical (unpaired) electrons. The lowest BCUT2D eigenvalue weighted by Crippen LogP contribution is -2.27. The number of hydrogen-bond donors (Lipinski definition) is 1. The fraction of sp³-hybridized carbons (Fsp3) is 0.214. The smallest absolute Gasteiger partial charge is 0.251 e. The highest BCUT2D eigenvalue weighted by Gasteiger charge is 2.14. The molecule has 0 aliphatic heterocycles. The molecule has 0 saturated carbocycles. The van der Waals surface area contributed by atoms with Crippen LogP contribution in [0.5, 0.6) is 0 Å². The third kappa shape index (κ3) is 3.32. The maximum absolute atomic E-state index is 12.1. The van der Waals surface area contributed by atoms with Crippen LogP contribution in [0.2, 0.25) is 0 Å². The molecule has 1 unspecified atom stereocenters. The van der Waals surface area contributed by atoms with Gasteiger partial charge in [0.05, 0.1) is 6.04 Å². The van der Waals surface area contributed by atoms with E-state index < -0.39 is 0 Å². The number of benzene rings is 1. The van der Waals surface area contributed by atoms with Crippen molar-refractivity contribution >= 4 is 39.8 Å². The van der Waals surface area contributed by atoms with Crippen LogP contribution >= 0.6 is 33.9 Å². The summed E-state index contributed by atoms with van der Waals surface area (Å²) in [7, 11) is 0. The lowest BCUT2D eigenvalue weighted by Gasteiger charge is -2.15. The number of carbonyl (C=O) groups excluding carboxylic acids is 1. The van der Waals surface area contributed by atoms with Gasteiger partial charge in [0.25, 0.3) is 5.91 Å². The second kappa shape index (κ2) is 6.33. The normalized spacial score (nSPS) is 12.1. The van der Waals surface area contributed by atoms with E-state index in [1.54, 1.807) is 11.3 Å². The molecule has 1 aromatic carbocycles. The average Bonchev–Trinajstić information content (AvgIpc) is 2.90. The van der Waals surface area contributed by atoms with Gasteiger partial charge in [-0.3, -0.25) is 4.79 Å². The van der Waals surface area contributed by atoms with Crippen LogP contribution < -0.4 is 5.32 Å². The van der Waals surface area contributed by atoms with Crippen LogP contribution in [0.3, 0.4) is 0 Å². The monoisotopic (exact) mass is 371 g/mol. The molecule has 1 atom stereocenters. The lowest BCUT2D eigenvalue weighted by atomic mass is 10.1. The van der Waals surface area contributed by atoms with Crippen molar-refractivity contribution in [1.82, 2.24) is 5.32 Å². The van der Waals surface area contributed by atoms with E-state index in [1.165, 1.54) is 4.88 Å². The van der Waals surface area contributed by atoms with Crippen molar-refractivity contribution < 1.29 is 4.79 Å². The first-order valence-electron chi connectivity index (χ1n) is 5.80. The third-order valence-electron chi connectivity index (χ3n) is 2.71. The number of nitrogens with one attached hydrogen (secondary N) is 1. The van der Waals surface area contributed by atoms with Crippen LogP contribution in [-0.2, 0) is 0 Å². The van der Waals surface area contributed by atoms with Gasteiger partial charge in [-0.25, -0.2) is 0 Å². The maximum atomic E-state index is 12.1. The lowest BCUT2D eigenvalue weighted by molar-refractivity contribution is 0.0936. The predicted molar refractivity (Wildman–Crippen MR) is 84.0 cm³/mol. The molecule has 0 spiro atoms. The van der Waals surface area contributed by atoms with Crippen molar-refractivity contribution in [2.75, 3.05) is 0 Å². The molecular weight excluding hydrogens is 357 g/mol. The largest absolute Gasteiger partial charge is 0.344 e. The van der Waals surface area contributed by atoms with Gasteiger partial charge in [0.2, 0.25) is 0 Å². The summed E-state index contributed by atoms with van der Waals surface area (Å²) in [5.74, 6) is -0.00773. The fourth-order valence-corrected chi connectivity index (χ4v) is 2.93. The Morgan fingerprint density at radius 2 is 2.06 bits per heavy atom. The number of thiophene rings is 1. The van der Waals surface area contributed by atoms with Gasteiger partial charge in [-0.1, -0.05) is 13.0 Å². The SMILES string of the molecule is CCC(NC(=O)c1ccc(I)cc1)c1cccs1. The molecular formula is C14H14INOS. The summed E-state index contributed by atoms with van der Waals surface area (Å²) in [6.07, 6.45) is 0.899. The number of rotatable bonds is 4. The van der Waals surface area contributed by atoms with Crippen molar-refractivity contribution in [3.8, 4) is 0 Å². The van der Waals surface area contributed by atoms with Crippen molar-refractivity contribution in [3.63, 3.8) is 0 Å². The molecule has 1 heterocycles. The first-order valence-corrected chi connectivity index (χ1v) is 7.76. The van der Waals surface area contributed by atoms with E-state index in [4.69, 9.17) is 0 Å². The first-order chi connectivity index (χ1) is 8.70. The third-order valence-corrected chi connectivity index (χ3v) is 4.41. The van der Waals surface area contributed by atoms with E-state index in [1.807, 2.05) is 35.7 Å². The molecule has 1 amide bonds. The second-order valence-electron chi connectivity index (χ2n) is 3.96. The Kier molecular flexibility index (Phi) is 4.77. The number of carbonyl (C=O) groups is 1. The second-order valence-corrected chi connectivity index (χ2v) is 6.18. The van der Waals surface area contributed by atoms with Crippen LogP contribution in [-0.4, -0.2) is 5.91 Å². The molecule has 1 aromatic heterocycles. The van der Waals surface area contributed by atoms with E-state index in [9.17, 15) is 4.79 Å². The van der Waals surface area contributed by atoms with E-state index in [2.05, 4.69) is 40.9 Å². The van der Waals surface area contributed by atoms with Gasteiger partial charge in [0.15, 0.2) is 0 Å². The minimum Gasteiger partial charge on any atom is -0.344 e. The van der Waals surface area contributed by atoms with Crippen LogP contribution in [0.25, 0.3) is 0 Å². The van der Waals surface area contributed by atoms with Crippen LogP contribution in [0.4, 0.5) is 0 Å². The summed E-state index contributed by atoms with van der Waals surface area (Å²) < 4.78 is 1.13. The maximum Gasteiger partial charge on any atom is 0.251 e. The Balaban J connectivity index is 2.08. The van der Waals surface area contributed by atoms with Gasteiger partial charge in [-0.2, -0.15) is 0 Å². The van der Waals surface area contributed by atoms with Gasteiger partial charge in [0, 0.05) is 14.0 Å². The van der Waals surface area contributed by atoms with Gasteiger partial charge in [0.1, 0.15) is 0 Å². The molecule has 0 aliphatic carbocycles. The molecule has 2 rings (SSSR count). The molecule has 18 heavy (non-hydrogen) atoms. The minimum absolute atomic E-state index is 0.00773. The Morgan fingerprint density at radius 3 is 2.61 bits per heavy atom. The van der Waals surface area contributed by atoms with Crippen molar-refractivity contribution in [2.45, 2.75) is 19.4 Å². The number of hydrogen-bond acceptors (Lipinski definition) is 2. The summed E-state index contributed by atoms with van der Waals surface area (Å²) in [4.78, 5) is 13.3. The van der Waals surface area contributed by atoms with Gasteiger partial charge < -0.3 is 5.32 Å². The van der Waals surface area contributed by atoms with E-state index >= 15 is 0 Å². The summed E-state index contributed by atoms with van der Waals surface area (Å²) >= 11 is 3.91. The highest BCUT2D eigenvalue weighted by atomic mass is 127. The minimum atomic E-state index is -0.00773. The van der Waals surface area contributed by atoms with Crippen molar-refractivity contribution in [1.29, 1.82) is 0 Å². The zero-order valence-electron chi connectivity index (χ0n) is 10.0. The van der Waals surface area contributed by atoms with Gasteiger partial charge in [-0.15, -0.1) is 11.3 Å². The van der Waals surface area contributed by atoms with E-state index in [0.29, 0.717) is 5.56 Å². The zero-order valence-corrected chi connectivity index (χ0v) is 13.0. The molecule has 2 nitrogen and oxygen atoms in total. The quantitative estimate of drug-likeness (QED) is 0.801. The predicted octanol–water partition coefficient (Wildman–Crippen LogP) is 4.23. The molecule has 4 heteroatoms. The van der Waals surface area contributed by atoms with Crippen molar-refractivity contribution in [3.05, 3.63) is 55.8 Å². The first kappa shape index (κ1) is 13.5. The Morgan fingerprint density at radius 1 is 1.33 bits per heavy atom.